The minimum Gasteiger partial charge on any atom is -0.288 e. The molecule has 0 spiro atoms. The summed E-state index contributed by atoms with van der Waals surface area (Å²) in [7, 11) is -4.53. The zero-order valence-electron chi connectivity index (χ0n) is 10.1. The number of halogens is 1. The third-order valence-electron chi connectivity index (χ3n) is 3.38. The van der Waals surface area contributed by atoms with E-state index in [9.17, 15) is 17.1 Å². The summed E-state index contributed by atoms with van der Waals surface area (Å²) in [5, 5.41) is 2.55. The van der Waals surface area contributed by atoms with Crippen LogP contribution in [0.2, 0.25) is 0 Å². The molecular weight excluding hydrogens is 291 g/mol. The van der Waals surface area contributed by atoms with Gasteiger partial charge in [0.1, 0.15) is 0 Å². The van der Waals surface area contributed by atoms with Gasteiger partial charge in [-0.25, -0.2) is 4.98 Å². The Morgan fingerprint density at radius 2 is 2.21 bits per heavy atom. The summed E-state index contributed by atoms with van der Waals surface area (Å²) in [6.45, 7) is 0.236. The number of amides is 1. The minimum absolute atomic E-state index is 0.0709. The van der Waals surface area contributed by atoms with Crippen molar-refractivity contribution in [3.8, 4) is 0 Å². The first-order chi connectivity index (χ1) is 8.92. The van der Waals surface area contributed by atoms with Gasteiger partial charge < -0.3 is 0 Å². The predicted octanol–water partition coefficient (Wildman–Crippen LogP) is 1.67. The van der Waals surface area contributed by atoms with Crippen LogP contribution >= 0.6 is 11.3 Å². The van der Waals surface area contributed by atoms with Crippen molar-refractivity contribution in [3.05, 3.63) is 11.1 Å². The topological polar surface area (TPSA) is 67.3 Å². The van der Waals surface area contributed by atoms with Crippen LogP contribution < -0.4 is 4.90 Å². The van der Waals surface area contributed by atoms with Crippen molar-refractivity contribution >= 4 is 32.6 Å². The van der Waals surface area contributed by atoms with Gasteiger partial charge in [-0.1, -0.05) is 0 Å². The molecule has 8 heteroatoms. The molecule has 1 amide bonds. The van der Waals surface area contributed by atoms with E-state index in [-0.39, 0.29) is 18.9 Å². The van der Waals surface area contributed by atoms with E-state index in [1.807, 2.05) is 5.38 Å². The van der Waals surface area contributed by atoms with Gasteiger partial charge in [-0.2, -0.15) is 8.42 Å². The van der Waals surface area contributed by atoms with Crippen LogP contribution in [-0.2, 0) is 15.0 Å². The van der Waals surface area contributed by atoms with E-state index in [0.717, 1.165) is 18.5 Å². The average Bonchev–Trinajstić information content (AvgIpc) is 2.91. The van der Waals surface area contributed by atoms with Gasteiger partial charge in [0.25, 0.3) is 0 Å². The van der Waals surface area contributed by atoms with Crippen molar-refractivity contribution in [2.45, 2.75) is 25.2 Å². The number of nitrogens with zero attached hydrogens (tertiary/aromatic N) is 2. The van der Waals surface area contributed by atoms with E-state index in [1.54, 1.807) is 0 Å². The second-order valence-electron chi connectivity index (χ2n) is 5.11. The molecular formula is C11H13FN2O3S2. The molecule has 1 aromatic heterocycles. The molecule has 19 heavy (non-hydrogen) atoms. The SMILES string of the molecule is O=C1CC(CS(=O)(=O)F)CN1c1nc(C2CC2)cs1. The van der Waals surface area contributed by atoms with E-state index in [4.69, 9.17) is 0 Å². The summed E-state index contributed by atoms with van der Waals surface area (Å²) in [5.74, 6) is -0.721. The second kappa shape index (κ2) is 4.52. The number of thiazole rings is 1. The molecule has 2 fully saturated rings. The zero-order chi connectivity index (χ0) is 13.6. The fourth-order valence-corrected chi connectivity index (χ4v) is 4.05. The van der Waals surface area contributed by atoms with Crippen LogP contribution in [0.5, 0.6) is 0 Å². The van der Waals surface area contributed by atoms with E-state index in [1.165, 1.54) is 16.2 Å². The van der Waals surface area contributed by atoms with Crippen LogP contribution in [0.15, 0.2) is 5.38 Å². The lowest BCUT2D eigenvalue weighted by Gasteiger charge is -2.12. The van der Waals surface area contributed by atoms with Gasteiger partial charge >= 0.3 is 10.2 Å². The van der Waals surface area contributed by atoms with Gasteiger partial charge in [0, 0.05) is 30.2 Å². The van der Waals surface area contributed by atoms with Crippen molar-refractivity contribution < 1.29 is 17.1 Å². The van der Waals surface area contributed by atoms with Crippen LogP contribution in [-0.4, -0.2) is 31.6 Å². The molecule has 1 aromatic rings. The molecule has 0 N–H and O–H groups in total. The maximum atomic E-state index is 12.6. The summed E-state index contributed by atoms with van der Waals surface area (Å²) in [6.07, 6.45) is 2.35. The summed E-state index contributed by atoms with van der Waals surface area (Å²) >= 11 is 1.39. The van der Waals surface area contributed by atoms with Crippen molar-refractivity contribution in [1.29, 1.82) is 0 Å². The van der Waals surface area contributed by atoms with E-state index >= 15 is 0 Å². The van der Waals surface area contributed by atoms with Gasteiger partial charge in [0.05, 0.1) is 11.4 Å². The Hall–Kier alpha value is -1.02. The average molecular weight is 304 g/mol. The third kappa shape index (κ3) is 2.94. The van der Waals surface area contributed by atoms with Crippen LogP contribution in [0.25, 0.3) is 0 Å². The lowest BCUT2D eigenvalue weighted by Crippen LogP contribution is -2.25. The third-order valence-corrected chi connectivity index (χ3v) is 5.13. The number of carbonyl (C=O) groups excluding carboxylic acids is 1. The molecule has 1 aliphatic heterocycles. The quantitative estimate of drug-likeness (QED) is 0.794. The van der Waals surface area contributed by atoms with Crippen LogP contribution in [0, 0.1) is 5.92 Å². The van der Waals surface area contributed by atoms with Crippen LogP contribution in [0.3, 0.4) is 0 Å². The lowest BCUT2D eigenvalue weighted by atomic mass is 10.1. The van der Waals surface area contributed by atoms with Gasteiger partial charge in [0.2, 0.25) is 5.91 Å². The molecule has 1 unspecified atom stereocenters. The summed E-state index contributed by atoms with van der Waals surface area (Å²) < 4.78 is 33.9. The number of carbonyl (C=O) groups is 1. The van der Waals surface area contributed by atoms with Gasteiger partial charge in [-0.3, -0.25) is 9.69 Å². The zero-order valence-corrected chi connectivity index (χ0v) is 11.7. The molecule has 1 saturated heterocycles. The van der Waals surface area contributed by atoms with Crippen molar-refractivity contribution in [3.63, 3.8) is 0 Å². The lowest BCUT2D eigenvalue weighted by molar-refractivity contribution is -0.117. The summed E-state index contributed by atoms with van der Waals surface area (Å²) in [5.41, 5.74) is 1.01. The Kier molecular flexibility index (Phi) is 3.09. The highest BCUT2D eigenvalue weighted by atomic mass is 32.3. The highest BCUT2D eigenvalue weighted by Gasteiger charge is 2.36. The largest absolute Gasteiger partial charge is 0.302 e. The molecule has 3 rings (SSSR count). The van der Waals surface area contributed by atoms with Gasteiger partial charge in [-0.05, 0) is 12.8 Å². The first kappa shape index (κ1) is 13.0. The predicted molar refractivity (Wildman–Crippen MR) is 69.4 cm³/mol. The number of anilines is 1. The van der Waals surface area contributed by atoms with E-state index in [0.29, 0.717) is 11.0 Å². The maximum absolute atomic E-state index is 12.6. The normalized spacial score (nSPS) is 24.2. The van der Waals surface area contributed by atoms with Crippen LogP contribution in [0.1, 0.15) is 30.9 Å². The van der Waals surface area contributed by atoms with Crippen molar-refractivity contribution in [2.24, 2.45) is 5.92 Å². The summed E-state index contributed by atoms with van der Waals surface area (Å²) in [4.78, 5) is 17.7. The van der Waals surface area contributed by atoms with Crippen molar-refractivity contribution in [1.82, 2.24) is 4.98 Å². The van der Waals surface area contributed by atoms with E-state index < -0.39 is 21.9 Å². The number of aromatic nitrogens is 1. The number of rotatable bonds is 4. The Morgan fingerprint density at radius 3 is 2.84 bits per heavy atom. The monoisotopic (exact) mass is 304 g/mol. The van der Waals surface area contributed by atoms with E-state index in [2.05, 4.69) is 4.98 Å². The Labute approximate surface area is 114 Å². The molecule has 104 valence electrons. The fourth-order valence-electron chi connectivity index (χ4n) is 2.33. The van der Waals surface area contributed by atoms with Crippen molar-refractivity contribution in [2.75, 3.05) is 17.2 Å². The molecule has 1 aliphatic carbocycles. The molecule has 5 nitrogen and oxygen atoms in total. The standard InChI is InChI=1S/C11H13FN2O3S2/c12-19(16,17)6-7-3-10(15)14(4-7)11-13-9(5-18-11)8-1-2-8/h5,7-8H,1-4,6H2. The second-order valence-corrected chi connectivity index (χ2v) is 7.36. The maximum Gasteiger partial charge on any atom is 0.302 e. The molecule has 2 aliphatic rings. The molecule has 0 aromatic carbocycles. The van der Waals surface area contributed by atoms with Gasteiger partial charge in [0.15, 0.2) is 5.13 Å². The molecule has 1 atom stereocenters. The minimum atomic E-state index is -4.53. The Morgan fingerprint density at radius 1 is 1.47 bits per heavy atom. The first-order valence-corrected chi connectivity index (χ1v) is 8.54. The number of hydrogen-bond donors (Lipinski definition) is 0. The van der Waals surface area contributed by atoms with Crippen LogP contribution in [0.4, 0.5) is 9.02 Å². The molecule has 2 heterocycles. The molecule has 0 bridgehead atoms. The Balaban J connectivity index is 1.72. The fraction of sp³-hybridized carbons (Fsp3) is 0.636. The summed E-state index contributed by atoms with van der Waals surface area (Å²) in [6, 6.07) is 0. The smallest absolute Gasteiger partial charge is 0.288 e. The van der Waals surface area contributed by atoms with Gasteiger partial charge in [-0.15, -0.1) is 15.2 Å². The molecule has 0 radical (unpaired) electrons. The first-order valence-electron chi connectivity index (χ1n) is 6.10. The highest BCUT2D eigenvalue weighted by molar-refractivity contribution is 7.86. The highest BCUT2D eigenvalue weighted by Crippen LogP contribution is 2.42. The Bertz CT molecular complexity index is 609. The number of hydrogen-bond acceptors (Lipinski definition) is 5. The molecule has 1 saturated carbocycles.